The summed E-state index contributed by atoms with van der Waals surface area (Å²) < 4.78 is 4.40. The maximum Gasteiger partial charge on any atom is 0.202 e. The Hall–Kier alpha value is -0.680. The summed E-state index contributed by atoms with van der Waals surface area (Å²) in [5.74, 6) is 1.89. The van der Waals surface area contributed by atoms with Crippen LogP contribution in [0.4, 0.5) is 5.13 Å². The second kappa shape index (κ2) is 7.20. The Kier molecular flexibility index (Phi) is 5.58. The molecule has 1 aliphatic carbocycles. The molecule has 0 radical (unpaired) electrons. The van der Waals surface area contributed by atoms with Crippen molar-refractivity contribution in [2.24, 2.45) is 11.8 Å². The molecule has 5 heteroatoms. The summed E-state index contributed by atoms with van der Waals surface area (Å²) in [6.07, 6.45) is 6.94. The summed E-state index contributed by atoms with van der Waals surface area (Å²) in [5.41, 5.74) is 0. The minimum Gasteiger partial charge on any atom is -0.396 e. The molecule has 1 aromatic heterocycles. The Labute approximate surface area is 119 Å². The largest absolute Gasteiger partial charge is 0.396 e. The third-order valence-corrected chi connectivity index (χ3v) is 4.45. The number of rotatable bonds is 5. The molecule has 1 aliphatic rings. The van der Waals surface area contributed by atoms with Crippen molar-refractivity contribution in [3.8, 4) is 0 Å². The van der Waals surface area contributed by atoms with E-state index in [-0.39, 0.29) is 6.61 Å². The normalized spacial score (nSPS) is 24.4. The molecule has 2 atom stereocenters. The van der Waals surface area contributed by atoms with Gasteiger partial charge in [0.05, 0.1) is 0 Å². The molecule has 2 N–H and O–H groups in total. The maximum absolute atomic E-state index is 9.52. The number of anilines is 1. The quantitative estimate of drug-likeness (QED) is 0.815. The minimum absolute atomic E-state index is 0.273. The lowest BCUT2D eigenvalue weighted by molar-refractivity contribution is 0.203. The SMILES string of the molecule is CC(C)Cc1nsc(NC2CCCCCC2CO)n1. The van der Waals surface area contributed by atoms with Gasteiger partial charge < -0.3 is 10.4 Å². The molecule has 0 saturated heterocycles. The van der Waals surface area contributed by atoms with Gasteiger partial charge in [-0.1, -0.05) is 33.1 Å². The second-order valence-electron chi connectivity index (χ2n) is 5.95. The lowest BCUT2D eigenvalue weighted by atomic mass is 9.96. The fourth-order valence-corrected chi connectivity index (χ4v) is 3.37. The molecule has 2 unspecified atom stereocenters. The fourth-order valence-electron chi connectivity index (χ4n) is 2.71. The summed E-state index contributed by atoms with van der Waals surface area (Å²) in [7, 11) is 0. The molecular weight excluding hydrogens is 258 g/mol. The third kappa shape index (κ3) is 4.42. The van der Waals surface area contributed by atoms with Crippen LogP contribution in [-0.4, -0.2) is 27.1 Å². The molecular formula is C14H25N3OS. The number of aliphatic hydroxyl groups excluding tert-OH is 1. The van der Waals surface area contributed by atoms with E-state index in [1.54, 1.807) is 0 Å². The van der Waals surface area contributed by atoms with E-state index in [1.807, 2.05) is 0 Å². The summed E-state index contributed by atoms with van der Waals surface area (Å²) in [4.78, 5) is 4.56. The Bertz CT molecular complexity index is 381. The van der Waals surface area contributed by atoms with E-state index < -0.39 is 0 Å². The van der Waals surface area contributed by atoms with E-state index in [0.717, 1.165) is 30.2 Å². The van der Waals surface area contributed by atoms with Crippen LogP contribution >= 0.6 is 11.5 Å². The van der Waals surface area contributed by atoms with E-state index in [9.17, 15) is 5.11 Å². The van der Waals surface area contributed by atoms with Gasteiger partial charge in [0.2, 0.25) is 5.13 Å². The zero-order chi connectivity index (χ0) is 13.7. The first-order chi connectivity index (χ1) is 9.19. The number of aromatic nitrogens is 2. The average Bonchev–Trinajstić information content (AvgIpc) is 2.67. The van der Waals surface area contributed by atoms with Crippen LogP contribution in [0.5, 0.6) is 0 Å². The van der Waals surface area contributed by atoms with Crippen LogP contribution in [0, 0.1) is 11.8 Å². The average molecular weight is 283 g/mol. The van der Waals surface area contributed by atoms with Gasteiger partial charge in [0.1, 0.15) is 5.82 Å². The molecule has 4 nitrogen and oxygen atoms in total. The molecule has 19 heavy (non-hydrogen) atoms. The van der Waals surface area contributed by atoms with Crippen LogP contribution in [-0.2, 0) is 6.42 Å². The number of aliphatic hydroxyl groups is 1. The molecule has 1 fully saturated rings. The van der Waals surface area contributed by atoms with Gasteiger partial charge in [-0.25, -0.2) is 4.98 Å². The molecule has 0 bridgehead atoms. The predicted molar refractivity (Wildman–Crippen MR) is 79.5 cm³/mol. The van der Waals surface area contributed by atoms with E-state index in [4.69, 9.17) is 0 Å². The van der Waals surface area contributed by atoms with E-state index in [1.165, 1.54) is 30.8 Å². The van der Waals surface area contributed by atoms with Crippen molar-refractivity contribution in [3.63, 3.8) is 0 Å². The van der Waals surface area contributed by atoms with Gasteiger partial charge in [-0.05, 0) is 18.8 Å². The molecule has 0 aromatic carbocycles. The third-order valence-electron chi connectivity index (χ3n) is 3.76. The van der Waals surface area contributed by atoms with Crippen LogP contribution in [0.3, 0.4) is 0 Å². The van der Waals surface area contributed by atoms with Crippen LogP contribution in [0.1, 0.15) is 51.8 Å². The van der Waals surface area contributed by atoms with Crippen molar-refractivity contribution in [1.82, 2.24) is 9.36 Å². The van der Waals surface area contributed by atoms with Gasteiger partial charge in [0, 0.05) is 36.5 Å². The highest BCUT2D eigenvalue weighted by Gasteiger charge is 2.24. The lowest BCUT2D eigenvalue weighted by Crippen LogP contribution is -2.30. The topological polar surface area (TPSA) is 58.0 Å². The summed E-state index contributed by atoms with van der Waals surface area (Å²) in [6, 6.07) is 0.354. The molecule has 1 saturated carbocycles. The molecule has 0 spiro atoms. The zero-order valence-corrected chi connectivity index (χ0v) is 12.7. The lowest BCUT2D eigenvalue weighted by Gasteiger charge is -2.23. The maximum atomic E-state index is 9.52. The van der Waals surface area contributed by atoms with Gasteiger partial charge in [-0.15, -0.1) is 0 Å². The Morgan fingerprint density at radius 3 is 2.84 bits per heavy atom. The first-order valence-corrected chi connectivity index (χ1v) is 8.16. The first-order valence-electron chi connectivity index (χ1n) is 7.39. The summed E-state index contributed by atoms with van der Waals surface area (Å²) in [6.45, 7) is 4.64. The number of nitrogens with one attached hydrogen (secondary N) is 1. The first kappa shape index (κ1) is 14.7. The Balaban J connectivity index is 1.96. The zero-order valence-electron chi connectivity index (χ0n) is 11.9. The summed E-state index contributed by atoms with van der Waals surface area (Å²) in [5, 5.41) is 13.9. The van der Waals surface area contributed by atoms with Gasteiger partial charge in [0.15, 0.2) is 0 Å². The molecule has 108 valence electrons. The van der Waals surface area contributed by atoms with E-state index >= 15 is 0 Å². The number of nitrogens with zero attached hydrogens (tertiary/aromatic N) is 2. The van der Waals surface area contributed by atoms with Crippen LogP contribution in [0.2, 0.25) is 0 Å². The van der Waals surface area contributed by atoms with Crippen molar-refractivity contribution in [2.75, 3.05) is 11.9 Å². The predicted octanol–water partition coefficient (Wildman–Crippen LogP) is 3.09. The van der Waals surface area contributed by atoms with Gasteiger partial charge in [-0.3, -0.25) is 0 Å². The van der Waals surface area contributed by atoms with Crippen LogP contribution in [0.25, 0.3) is 0 Å². The van der Waals surface area contributed by atoms with Gasteiger partial charge in [0.25, 0.3) is 0 Å². The van der Waals surface area contributed by atoms with E-state index in [2.05, 4.69) is 28.5 Å². The Morgan fingerprint density at radius 1 is 1.32 bits per heavy atom. The Morgan fingerprint density at radius 2 is 2.11 bits per heavy atom. The monoisotopic (exact) mass is 283 g/mol. The van der Waals surface area contributed by atoms with Crippen molar-refractivity contribution < 1.29 is 5.11 Å². The molecule has 0 aliphatic heterocycles. The molecule has 0 amide bonds. The minimum atomic E-state index is 0.273. The van der Waals surface area contributed by atoms with Crippen molar-refractivity contribution in [1.29, 1.82) is 0 Å². The van der Waals surface area contributed by atoms with Crippen molar-refractivity contribution >= 4 is 16.7 Å². The number of hydrogen-bond acceptors (Lipinski definition) is 5. The van der Waals surface area contributed by atoms with Crippen LogP contribution < -0.4 is 5.32 Å². The van der Waals surface area contributed by atoms with Crippen LogP contribution in [0.15, 0.2) is 0 Å². The van der Waals surface area contributed by atoms with E-state index in [0.29, 0.717) is 17.9 Å². The fraction of sp³-hybridized carbons (Fsp3) is 0.857. The molecule has 1 aromatic rings. The van der Waals surface area contributed by atoms with Gasteiger partial charge in [-0.2, -0.15) is 4.37 Å². The highest BCUT2D eigenvalue weighted by molar-refractivity contribution is 7.09. The highest BCUT2D eigenvalue weighted by atomic mass is 32.1. The molecule has 1 heterocycles. The molecule has 2 rings (SSSR count). The number of hydrogen-bond donors (Lipinski definition) is 2. The van der Waals surface area contributed by atoms with Crippen molar-refractivity contribution in [2.45, 2.75) is 58.4 Å². The highest BCUT2D eigenvalue weighted by Crippen LogP contribution is 2.26. The van der Waals surface area contributed by atoms with Gasteiger partial charge >= 0.3 is 0 Å². The second-order valence-corrected chi connectivity index (χ2v) is 6.70. The van der Waals surface area contributed by atoms with Crippen molar-refractivity contribution in [3.05, 3.63) is 5.82 Å². The summed E-state index contributed by atoms with van der Waals surface area (Å²) >= 11 is 1.45. The standard InChI is InChI=1S/C14H25N3OS/c1-10(2)8-13-16-14(19-17-13)15-12-7-5-3-4-6-11(12)9-18/h10-12,18H,3-9H2,1-2H3,(H,15,16,17). The smallest absolute Gasteiger partial charge is 0.202 e.